The molecule has 6 fully saturated rings. The summed E-state index contributed by atoms with van der Waals surface area (Å²) in [5, 5.41) is 43.0. The lowest BCUT2D eigenvalue weighted by atomic mass is 9.89. The van der Waals surface area contributed by atoms with Gasteiger partial charge in [-0.2, -0.15) is 0 Å². The van der Waals surface area contributed by atoms with Crippen LogP contribution in [0.2, 0.25) is 0 Å². The summed E-state index contributed by atoms with van der Waals surface area (Å²) < 4.78 is 89.2. The first kappa shape index (κ1) is 61.3. The molecule has 2 aromatic carbocycles. The summed E-state index contributed by atoms with van der Waals surface area (Å²) in [5.41, 5.74) is 8.29. The first-order chi connectivity index (χ1) is 36.9. The second-order valence-corrected chi connectivity index (χ2v) is 20.8. The monoisotopic (exact) mass is 1110 g/mol. The molecule has 0 spiro atoms. The highest BCUT2D eigenvalue weighted by atomic mass is 16.8. The number of aliphatic hydroxyl groups is 4. The van der Waals surface area contributed by atoms with Gasteiger partial charge in [0.2, 0.25) is 5.91 Å². The summed E-state index contributed by atoms with van der Waals surface area (Å²) in [6.07, 6.45) is -17.9. The van der Waals surface area contributed by atoms with Crippen LogP contribution in [0, 0.1) is 5.92 Å². The maximum absolute atomic E-state index is 12.5. The highest BCUT2D eigenvalue weighted by Crippen LogP contribution is 2.40. The van der Waals surface area contributed by atoms with Crippen LogP contribution in [0.1, 0.15) is 73.4 Å². The lowest BCUT2D eigenvalue weighted by molar-refractivity contribution is -0.392. The van der Waals surface area contributed by atoms with Crippen LogP contribution >= 0.6 is 0 Å². The second kappa shape index (κ2) is 26.9. The molecule has 436 valence electrons. The zero-order valence-electron chi connectivity index (χ0n) is 45.2. The Kier molecular flexibility index (Phi) is 21.2. The van der Waals surface area contributed by atoms with Gasteiger partial charge in [0.25, 0.3) is 0 Å². The Hall–Kier alpha value is -4.36. The van der Waals surface area contributed by atoms with E-state index in [1.807, 2.05) is 60.7 Å². The molecule has 0 saturated carbocycles. The van der Waals surface area contributed by atoms with Crippen molar-refractivity contribution in [3.8, 4) is 0 Å². The zero-order chi connectivity index (χ0) is 56.6. The third-order valence-electron chi connectivity index (χ3n) is 13.7. The van der Waals surface area contributed by atoms with Crippen molar-refractivity contribution in [2.75, 3.05) is 26.4 Å². The van der Waals surface area contributed by atoms with Gasteiger partial charge in [-0.05, 0) is 38.8 Å². The normalized spacial score (nSPS) is 37.9. The van der Waals surface area contributed by atoms with Crippen molar-refractivity contribution in [2.24, 2.45) is 11.7 Å². The number of amides is 1. The van der Waals surface area contributed by atoms with Gasteiger partial charge in [0.05, 0.1) is 39.1 Å². The SMILES string of the molecule is CC(=O)NC1[C@H](OCc2ccccc2)OC2COC(C)(C)O[C@H]2[C@@H]1O[C@@H]1OC(COC(C)=O)[C@H](OC(C)=O)[C@H](C)C1OC(C)=O.CC1(C)OCC2O[C@@H](OCc3ccccc3)C(N)[C@@H](O[C@@H]3OC(CO)[C@H](O)[C@H](O)C3O)[C@@H]2O1. The van der Waals surface area contributed by atoms with Crippen LogP contribution in [0.15, 0.2) is 60.7 Å². The number of carbonyl (C=O) groups is 4. The number of esters is 3. The number of nitrogens with one attached hydrogen (secondary N) is 1. The van der Waals surface area contributed by atoms with E-state index in [-0.39, 0.29) is 38.9 Å². The Morgan fingerprint density at radius 2 is 1.12 bits per heavy atom. The molecule has 6 aliphatic heterocycles. The van der Waals surface area contributed by atoms with E-state index in [2.05, 4.69) is 5.32 Å². The van der Waals surface area contributed by atoms with Crippen molar-refractivity contribution in [1.82, 2.24) is 5.32 Å². The molecule has 78 heavy (non-hydrogen) atoms. The second-order valence-electron chi connectivity index (χ2n) is 20.8. The predicted molar refractivity (Wildman–Crippen MR) is 264 cm³/mol. The minimum atomic E-state index is -1.58. The first-order valence-electron chi connectivity index (χ1n) is 26.0. The van der Waals surface area contributed by atoms with Crippen molar-refractivity contribution in [3.05, 3.63) is 71.8 Å². The molecule has 8 rings (SSSR count). The van der Waals surface area contributed by atoms with Crippen molar-refractivity contribution >= 4 is 23.8 Å². The molecule has 6 heterocycles. The van der Waals surface area contributed by atoms with Crippen LogP contribution < -0.4 is 11.1 Å². The smallest absolute Gasteiger partial charge is 0.303 e. The molecule has 0 aliphatic carbocycles. The molecule has 8 unspecified atom stereocenters. The standard InChI is InChI=1S/C31H43NO13.C22H33NO10/c1-16-25(40-19(4)35)22(14-37-18(3)34)43-30(26(16)41-20(5)36)44-28-24(32-17(2)33)29(38-13-21-11-9-8-10-12-21)42-23-15-39-31(6,7)45-27(23)28;1-22(2)29-10-13-18(33-22)19(32-21-17(27)16(26)15(25)12(8-24)30-21)14(23)20(31-13)28-9-11-6-4-3-5-7-11/h8-12,16,22-30H,13-15H2,1-7H3,(H,32,33);3-7,12-21,24-27H,8-10,23H2,1-2H3/t16-,22?,23?,24?,25+,26?,27+,28+,29+,30-;12?,13?,14?,15-,16-,17?,18+,19+,20+,21-/m00/s1. The van der Waals surface area contributed by atoms with Crippen LogP contribution in [0.3, 0.4) is 0 Å². The fourth-order valence-corrected chi connectivity index (χ4v) is 9.95. The number of hydrogen-bond donors (Lipinski definition) is 6. The van der Waals surface area contributed by atoms with Crippen LogP contribution in [0.5, 0.6) is 0 Å². The van der Waals surface area contributed by atoms with Gasteiger partial charge in [-0.25, -0.2) is 0 Å². The molecule has 0 aromatic heterocycles. The van der Waals surface area contributed by atoms with Gasteiger partial charge in [0.15, 0.2) is 42.8 Å². The van der Waals surface area contributed by atoms with Gasteiger partial charge in [-0.1, -0.05) is 67.6 Å². The summed E-state index contributed by atoms with van der Waals surface area (Å²) >= 11 is 0. The van der Waals surface area contributed by atoms with Crippen LogP contribution in [0.4, 0.5) is 0 Å². The number of carbonyl (C=O) groups excluding carboxylic acids is 4. The lowest BCUT2D eigenvalue weighted by Crippen LogP contribution is -2.70. The van der Waals surface area contributed by atoms with E-state index in [0.29, 0.717) is 0 Å². The van der Waals surface area contributed by atoms with Crippen LogP contribution in [-0.4, -0.2) is 199 Å². The minimum Gasteiger partial charge on any atom is -0.463 e. The molecular weight excluding hydrogens is 1030 g/mol. The first-order valence-corrected chi connectivity index (χ1v) is 26.0. The lowest BCUT2D eigenvalue weighted by Gasteiger charge is -2.52. The van der Waals surface area contributed by atoms with E-state index in [4.69, 9.17) is 76.8 Å². The molecular formula is C53H76N2O23. The molecule has 0 radical (unpaired) electrons. The molecule has 6 saturated heterocycles. The van der Waals surface area contributed by atoms with Gasteiger partial charge in [-0.15, -0.1) is 0 Å². The van der Waals surface area contributed by atoms with E-state index < -0.39 is 159 Å². The number of aliphatic hydroxyl groups excluding tert-OH is 4. The molecule has 7 N–H and O–H groups in total. The maximum atomic E-state index is 12.5. The Morgan fingerprint density at radius 3 is 1.64 bits per heavy atom. The molecule has 20 atom stereocenters. The Balaban J connectivity index is 0.000000237. The molecule has 25 heteroatoms. The van der Waals surface area contributed by atoms with Crippen LogP contribution in [0.25, 0.3) is 0 Å². The van der Waals surface area contributed by atoms with Gasteiger partial charge >= 0.3 is 17.9 Å². The number of benzene rings is 2. The predicted octanol–water partition coefficient (Wildman–Crippen LogP) is 0.349. The van der Waals surface area contributed by atoms with Crippen molar-refractivity contribution in [1.29, 1.82) is 0 Å². The average Bonchev–Trinajstić information content (AvgIpc) is 3.39. The van der Waals surface area contributed by atoms with Gasteiger partial charge in [-0.3, -0.25) is 19.2 Å². The summed E-state index contributed by atoms with van der Waals surface area (Å²) in [7, 11) is 0. The Labute approximate surface area is 452 Å². The quantitative estimate of drug-likeness (QED) is 0.0976. The van der Waals surface area contributed by atoms with Crippen LogP contribution in [-0.2, 0) is 103 Å². The summed E-state index contributed by atoms with van der Waals surface area (Å²) in [4.78, 5) is 48.5. The molecule has 6 aliphatic rings. The van der Waals surface area contributed by atoms with E-state index in [1.54, 1.807) is 34.6 Å². The molecule has 0 bridgehead atoms. The molecule has 2 aromatic rings. The fourth-order valence-electron chi connectivity index (χ4n) is 9.95. The van der Waals surface area contributed by atoms with E-state index in [1.165, 1.54) is 27.7 Å². The van der Waals surface area contributed by atoms with Gasteiger partial charge in [0, 0.05) is 33.6 Å². The number of ether oxygens (including phenoxy) is 15. The summed E-state index contributed by atoms with van der Waals surface area (Å²) in [6, 6.07) is 17.2. The average molecular weight is 1110 g/mol. The number of rotatable bonds is 16. The van der Waals surface area contributed by atoms with E-state index in [0.717, 1.165) is 11.1 Å². The number of fused-ring (bicyclic) bond motifs is 2. The van der Waals surface area contributed by atoms with Gasteiger partial charge < -0.3 is 103 Å². The maximum Gasteiger partial charge on any atom is 0.303 e. The number of hydrogen-bond acceptors (Lipinski definition) is 24. The highest BCUT2D eigenvalue weighted by Gasteiger charge is 2.58. The zero-order valence-corrected chi connectivity index (χ0v) is 45.2. The van der Waals surface area contributed by atoms with Crippen molar-refractivity contribution in [2.45, 2.75) is 204 Å². The third-order valence-corrected chi connectivity index (χ3v) is 13.7. The summed E-state index contributed by atoms with van der Waals surface area (Å²) in [6.45, 7) is 13.7. The largest absolute Gasteiger partial charge is 0.463 e. The Bertz CT molecular complexity index is 2260. The fraction of sp³-hybridized carbons (Fsp3) is 0.698. The number of nitrogens with two attached hydrogens (primary N) is 1. The Morgan fingerprint density at radius 1 is 0.615 bits per heavy atom. The van der Waals surface area contributed by atoms with Crippen molar-refractivity contribution < 1.29 is 111 Å². The molecule has 25 nitrogen and oxygen atoms in total. The third kappa shape index (κ3) is 15.8. The van der Waals surface area contributed by atoms with E-state index in [9.17, 15) is 39.6 Å². The summed E-state index contributed by atoms with van der Waals surface area (Å²) in [5.74, 6) is -4.80. The van der Waals surface area contributed by atoms with Crippen molar-refractivity contribution in [3.63, 3.8) is 0 Å². The van der Waals surface area contributed by atoms with E-state index >= 15 is 0 Å². The topological polar surface area (TPSA) is 326 Å². The highest BCUT2D eigenvalue weighted by molar-refractivity contribution is 5.73. The molecule has 1 amide bonds. The minimum absolute atomic E-state index is 0.133. The van der Waals surface area contributed by atoms with Gasteiger partial charge in [0.1, 0.15) is 85.9 Å².